The number of rotatable bonds is 3. The van der Waals surface area contributed by atoms with Crippen molar-refractivity contribution in [3.05, 3.63) is 24.3 Å². The molecule has 0 aliphatic carbocycles. The lowest BCUT2D eigenvalue weighted by Crippen LogP contribution is -2.41. The van der Waals surface area contributed by atoms with Crippen molar-refractivity contribution < 1.29 is 9.53 Å². The van der Waals surface area contributed by atoms with Gasteiger partial charge in [0, 0.05) is 17.9 Å². The second kappa shape index (κ2) is 5.83. The Morgan fingerprint density at radius 1 is 1.20 bits per heavy atom. The maximum Gasteiger partial charge on any atom is 0.233 e. The van der Waals surface area contributed by atoms with Crippen LogP contribution in [0.4, 0.5) is 11.4 Å². The minimum absolute atomic E-state index is 0.0321. The Hall–Kier alpha value is -1.55. The summed E-state index contributed by atoms with van der Waals surface area (Å²) in [6.45, 7) is 8.75. The molecule has 0 saturated carbocycles. The molecule has 4 heteroatoms. The monoisotopic (exact) mass is 276 g/mol. The van der Waals surface area contributed by atoms with Crippen LogP contribution in [0.1, 0.15) is 27.7 Å². The van der Waals surface area contributed by atoms with E-state index in [1.165, 1.54) is 0 Å². The van der Waals surface area contributed by atoms with Crippen LogP contribution in [-0.2, 0) is 9.53 Å². The molecule has 4 nitrogen and oxygen atoms in total. The summed E-state index contributed by atoms with van der Waals surface area (Å²) in [5, 5.41) is 0. The summed E-state index contributed by atoms with van der Waals surface area (Å²) in [6, 6.07) is 7.44. The Labute approximate surface area is 120 Å². The third-order valence-electron chi connectivity index (χ3n) is 4.31. The van der Waals surface area contributed by atoms with Crippen molar-refractivity contribution in [3.63, 3.8) is 0 Å². The first kappa shape index (κ1) is 14.9. The lowest BCUT2D eigenvalue weighted by Gasteiger charge is -2.27. The van der Waals surface area contributed by atoms with Crippen LogP contribution in [-0.4, -0.2) is 24.7 Å². The molecule has 1 fully saturated rings. The summed E-state index contributed by atoms with van der Waals surface area (Å²) in [6.07, 6.45) is 0.0967. The molecule has 1 aliphatic heterocycles. The lowest BCUT2D eigenvalue weighted by molar-refractivity contribution is -0.124. The Bertz CT molecular complexity index is 472. The average molecular weight is 276 g/mol. The number of anilines is 2. The SMILES string of the molecule is CCN(C(=O)C1C(C)OC(C)C1C)c1ccc(N)cc1. The molecule has 1 saturated heterocycles. The number of nitrogens with two attached hydrogens (primary N) is 1. The minimum atomic E-state index is -0.0810. The van der Waals surface area contributed by atoms with Gasteiger partial charge in [0.15, 0.2) is 0 Å². The Morgan fingerprint density at radius 3 is 2.25 bits per heavy atom. The molecule has 0 radical (unpaired) electrons. The van der Waals surface area contributed by atoms with Gasteiger partial charge in [-0.25, -0.2) is 0 Å². The van der Waals surface area contributed by atoms with Gasteiger partial charge in [0.25, 0.3) is 0 Å². The Morgan fingerprint density at radius 2 is 1.80 bits per heavy atom. The second-order valence-corrected chi connectivity index (χ2v) is 5.61. The van der Waals surface area contributed by atoms with Gasteiger partial charge in [-0.3, -0.25) is 4.79 Å². The highest BCUT2D eigenvalue weighted by molar-refractivity contribution is 5.95. The van der Waals surface area contributed by atoms with E-state index in [0.717, 1.165) is 5.69 Å². The van der Waals surface area contributed by atoms with Gasteiger partial charge in [-0.2, -0.15) is 0 Å². The third-order valence-corrected chi connectivity index (χ3v) is 4.31. The van der Waals surface area contributed by atoms with Crippen molar-refractivity contribution in [1.82, 2.24) is 0 Å². The average Bonchev–Trinajstić information content (AvgIpc) is 2.66. The molecule has 0 aromatic heterocycles. The van der Waals surface area contributed by atoms with Crippen LogP contribution >= 0.6 is 0 Å². The summed E-state index contributed by atoms with van der Waals surface area (Å²) >= 11 is 0. The fraction of sp³-hybridized carbons (Fsp3) is 0.562. The topological polar surface area (TPSA) is 55.6 Å². The van der Waals surface area contributed by atoms with Gasteiger partial charge < -0.3 is 15.4 Å². The number of hydrogen-bond donors (Lipinski definition) is 1. The van der Waals surface area contributed by atoms with Crippen LogP contribution in [0.25, 0.3) is 0 Å². The standard InChI is InChI=1S/C16H24N2O2/c1-5-18(14-8-6-13(17)7-9-14)16(19)15-10(2)11(3)20-12(15)4/h6-12,15H,5,17H2,1-4H3. The number of ether oxygens (including phenoxy) is 1. The van der Waals surface area contributed by atoms with Crippen molar-refractivity contribution in [1.29, 1.82) is 0 Å². The number of nitrogen functional groups attached to an aromatic ring is 1. The van der Waals surface area contributed by atoms with E-state index < -0.39 is 0 Å². The van der Waals surface area contributed by atoms with Crippen LogP contribution in [0.2, 0.25) is 0 Å². The van der Waals surface area contributed by atoms with E-state index in [0.29, 0.717) is 12.2 Å². The van der Waals surface area contributed by atoms with Crippen LogP contribution in [0.3, 0.4) is 0 Å². The highest BCUT2D eigenvalue weighted by atomic mass is 16.5. The molecule has 2 N–H and O–H groups in total. The van der Waals surface area contributed by atoms with Gasteiger partial charge in [0.1, 0.15) is 0 Å². The Balaban J connectivity index is 2.23. The number of amides is 1. The van der Waals surface area contributed by atoms with Crippen molar-refractivity contribution in [2.45, 2.75) is 39.9 Å². The number of nitrogens with zero attached hydrogens (tertiary/aromatic N) is 1. The van der Waals surface area contributed by atoms with Crippen molar-refractivity contribution in [2.24, 2.45) is 11.8 Å². The molecule has 0 bridgehead atoms. The van der Waals surface area contributed by atoms with Gasteiger partial charge in [-0.15, -0.1) is 0 Å². The largest absolute Gasteiger partial charge is 0.399 e. The molecule has 4 unspecified atom stereocenters. The highest BCUT2D eigenvalue weighted by Crippen LogP contribution is 2.34. The van der Waals surface area contributed by atoms with Crippen molar-refractivity contribution in [2.75, 3.05) is 17.2 Å². The van der Waals surface area contributed by atoms with Crippen LogP contribution < -0.4 is 10.6 Å². The van der Waals surface area contributed by atoms with Gasteiger partial charge >= 0.3 is 0 Å². The number of carbonyl (C=O) groups excluding carboxylic acids is 1. The van der Waals surface area contributed by atoms with Gasteiger partial charge in [-0.05, 0) is 51.0 Å². The third kappa shape index (κ3) is 2.66. The van der Waals surface area contributed by atoms with E-state index in [2.05, 4.69) is 6.92 Å². The highest BCUT2D eigenvalue weighted by Gasteiger charge is 2.43. The molecule has 1 amide bonds. The molecule has 2 rings (SSSR count). The minimum Gasteiger partial charge on any atom is -0.399 e. The molecule has 20 heavy (non-hydrogen) atoms. The van der Waals surface area contributed by atoms with E-state index in [1.807, 2.05) is 49.9 Å². The molecular formula is C16H24N2O2. The zero-order chi connectivity index (χ0) is 14.9. The summed E-state index contributed by atoms with van der Waals surface area (Å²) in [7, 11) is 0. The van der Waals surface area contributed by atoms with Gasteiger partial charge in [-0.1, -0.05) is 6.92 Å². The second-order valence-electron chi connectivity index (χ2n) is 5.61. The summed E-state index contributed by atoms with van der Waals surface area (Å²) in [5.74, 6) is 0.296. The maximum atomic E-state index is 12.8. The quantitative estimate of drug-likeness (QED) is 0.864. The lowest BCUT2D eigenvalue weighted by atomic mass is 9.88. The summed E-state index contributed by atoms with van der Waals surface area (Å²) in [5.41, 5.74) is 7.30. The van der Waals surface area contributed by atoms with E-state index >= 15 is 0 Å². The maximum absolute atomic E-state index is 12.8. The first-order valence-corrected chi connectivity index (χ1v) is 7.28. The molecule has 0 spiro atoms. The summed E-state index contributed by atoms with van der Waals surface area (Å²) < 4.78 is 5.79. The van der Waals surface area contributed by atoms with Crippen molar-refractivity contribution in [3.8, 4) is 0 Å². The van der Waals surface area contributed by atoms with Gasteiger partial charge in [0.2, 0.25) is 5.91 Å². The predicted octanol–water partition coefficient (Wildman–Crippen LogP) is 2.68. The molecule has 110 valence electrons. The molecular weight excluding hydrogens is 252 g/mol. The molecule has 1 heterocycles. The zero-order valence-electron chi connectivity index (χ0n) is 12.7. The predicted molar refractivity (Wildman–Crippen MR) is 81.5 cm³/mol. The molecule has 1 aliphatic rings. The number of hydrogen-bond acceptors (Lipinski definition) is 3. The fourth-order valence-corrected chi connectivity index (χ4v) is 2.99. The first-order valence-electron chi connectivity index (χ1n) is 7.28. The van der Waals surface area contributed by atoms with Crippen LogP contribution in [0, 0.1) is 11.8 Å². The smallest absolute Gasteiger partial charge is 0.233 e. The van der Waals surface area contributed by atoms with Crippen molar-refractivity contribution >= 4 is 17.3 Å². The summed E-state index contributed by atoms with van der Waals surface area (Å²) in [4.78, 5) is 14.7. The van der Waals surface area contributed by atoms with Crippen LogP contribution in [0.15, 0.2) is 24.3 Å². The number of benzene rings is 1. The number of carbonyl (C=O) groups is 1. The Kier molecular flexibility index (Phi) is 4.33. The molecule has 1 aromatic rings. The van der Waals surface area contributed by atoms with Gasteiger partial charge in [0.05, 0.1) is 18.1 Å². The van der Waals surface area contributed by atoms with E-state index in [1.54, 1.807) is 0 Å². The van der Waals surface area contributed by atoms with E-state index in [9.17, 15) is 4.79 Å². The first-order chi connectivity index (χ1) is 9.45. The van der Waals surface area contributed by atoms with E-state index in [-0.39, 0.29) is 30.0 Å². The molecule has 4 atom stereocenters. The molecule has 1 aromatic carbocycles. The van der Waals surface area contributed by atoms with E-state index in [4.69, 9.17) is 10.5 Å². The van der Waals surface area contributed by atoms with Crippen LogP contribution in [0.5, 0.6) is 0 Å². The zero-order valence-corrected chi connectivity index (χ0v) is 12.7. The fourth-order valence-electron chi connectivity index (χ4n) is 2.99. The normalized spacial score (nSPS) is 29.4.